The summed E-state index contributed by atoms with van der Waals surface area (Å²) in [5.41, 5.74) is 0.795. The van der Waals surface area contributed by atoms with Crippen molar-refractivity contribution in [3.63, 3.8) is 0 Å². The normalized spacial score (nSPS) is 14.8. The average Bonchev–Trinajstić information content (AvgIpc) is 2.15. The van der Waals surface area contributed by atoms with Crippen molar-refractivity contribution in [2.75, 3.05) is 0 Å². The maximum absolute atomic E-state index is 12.9. The van der Waals surface area contributed by atoms with Gasteiger partial charge in [-0.1, -0.05) is 32.9 Å². The molecule has 0 bridgehead atoms. The van der Waals surface area contributed by atoms with E-state index in [1.165, 1.54) is 0 Å². The maximum Gasteiger partial charge on any atom is 0.326 e. The summed E-state index contributed by atoms with van der Waals surface area (Å²) in [6.45, 7) is 6.10. The fourth-order valence-corrected chi connectivity index (χ4v) is 1.50. The van der Waals surface area contributed by atoms with Gasteiger partial charge in [0.25, 0.3) is 0 Å². The van der Waals surface area contributed by atoms with Crippen molar-refractivity contribution in [1.29, 1.82) is 0 Å². The van der Waals surface area contributed by atoms with Gasteiger partial charge in [-0.15, -0.1) is 0 Å². The van der Waals surface area contributed by atoms with Gasteiger partial charge in [0.05, 0.1) is 0 Å². The van der Waals surface area contributed by atoms with E-state index in [2.05, 4.69) is 0 Å². The molecule has 1 aliphatic rings. The molecule has 0 aliphatic carbocycles. The largest absolute Gasteiger partial charge is 0.443 e. The second-order valence-electron chi connectivity index (χ2n) is 4.46. The van der Waals surface area contributed by atoms with E-state index < -0.39 is 6.01 Å². The number of hydrogen-bond donors (Lipinski definition) is 0. The Labute approximate surface area is 88.3 Å². The lowest BCUT2D eigenvalue weighted by Crippen LogP contribution is -2.15. The van der Waals surface area contributed by atoms with Crippen LogP contribution in [0.1, 0.15) is 26.3 Å². The molecule has 0 saturated heterocycles. The Morgan fingerprint density at radius 3 is 2.67 bits per heavy atom. The number of hydrogen-bond acceptors (Lipinski definition) is 2. The van der Waals surface area contributed by atoms with Gasteiger partial charge in [0.15, 0.2) is 11.5 Å². The van der Waals surface area contributed by atoms with Crippen molar-refractivity contribution < 1.29 is 13.9 Å². The molecule has 0 unspecified atom stereocenters. The van der Waals surface area contributed by atoms with Gasteiger partial charge < -0.3 is 9.47 Å². The number of para-hydroxylation sites is 1. The molecular weight excluding hydrogens is 195 g/mol. The highest BCUT2D eigenvalue weighted by molar-refractivity contribution is 5.51. The Kier molecular flexibility index (Phi) is 2.18. The van der Waals surface area contributed by atoms with Crippen LogP contribution in [0.3, 0.4) is 0 Å². The molecule has 1 heterocycles. The van der Waals surface area contributed by atoms with Gasteiger partial charge in [-0.25, -0.2) is 0 Å². The van der Waals surface area contributed by atoms with Gasteiger partial charge in [-0.05, 0) is 11.5 Å². The molecule has 0 aromatic heterocycles. The number of fused-ring (bicyclic) bond motifs is 1. The summed E-state index contributed by atoms with van der Waals surface area (Å²) in [5, 5.41) is 0. The molecule has 0 saturated carbocycles. The van der Waals surface area contributed by atoms with Crippen molar-refractivity contribution in [3.05, 3.63) is 36.0 Å². The standard InChI is InChI=1S/C12H12FO2/c1-12(2,3)8-5-4-6-9-11(8)15-10(13)7-14-9/h4-6H,1-3H3. The topological polar surface area (TPSA) is 18.5 Å². The smallest absolute Gasteiger partial charge is 0.326 e. The zero-order valence-electron chi connectivity index (χ0n) is 8.93. The molecule has 1 aromatic rings. The third kappa shape index (κ3) is 1.82. The van der Waals surface area contributed by atoms with Gasteiger partial charge in [0.2, 0.25) is 6.26 Å². The van der Waals surface area contributed by atoms with Crippen LogP contribution in [0.4, 0.5) is 4.39 Å². The van der Waals surface area contributed by atoms with Crippen molar-refractivity contribution in [3.8, 4) is 11.5 Å². The highest BCUT2D eigenvalue weighted by Gasteiger charge is 2.25. The highest BCUT2D eigenvalue weighted by atomic mass is 19.1. The summed E-state index contributed by atoms with van der Waals surface area (Å²) in [7, 11) is 0. The predicted molar refractivity (Wildman–Crippen MR) is 54.3 cm³/mol. The zero-order valence-corrected chi connectivity index (χ0v) is 8.93. The first-order valence-corrected chi connectivity index (χ1v) is 4.75. The number of benzene rings is 1. The van der Waals surface area contributed by atoms with E-state index in [1.807, 2.05) is 39.2 Å². The molecule has 0 fully saturated rings. The Balaban J connectivity index is 2.53. The van der Waals surface area contributed by atoms with Crippen molar-refractivity contribution in [2.24, 2.45) is 0 Å². The molecule has 0 spiro atoms. The zero-order chi connectivity index (χ0) is 11.1. The van der Waals surface area contributed by atoms with Gasteiger partial charge in [0, 0.05) is 5.56 Å². The molecule has 0 N–H and O–H groups in total. The summed E-state index contributed by atoms with van der Waals surface area (Å²) < 4.78 is 22.9. The number of rotatable bonds is 0. The third-order valence-electron chi connectivity index (χ3n) is 2.22. The van der Waals surface area contributed by atoms with Crippen LogP contribution >= 0.6 is 0 Å². The average molecular weight is 207 g/mol. The van der Waals surface area contributed by atoms with Gasteiger partial charge in [0.1, 0.15) is 0 Å². The van der Waals surface area contributed by atoms with Crippen LogP contribution in [0, 0.1) is 6.26 Å². The van der Waals surface area contributed by atoms with E-state index in [9.17, 15) is 4.39 Å². The SMILES string of the molecule is CC(C)(C)c1cccc2c1OC(F)=[C]O2. The summed E-state index contributed by atoms with van der Waals surface area (Å²) in [5.74, 6) is 0.949. The lowest BCUT2D eigenvalue weighted by atomic mass is 9.86. The second kappa shape index (κ2) is 3.26. The minimum Gasteiger partial charge on any atom is -0.443 e. The Hall–Kier alpha value is -1.51. The molecule has 15 heavy (non-hydrogen) atoms. The molecule has 3 heteroatoms. The van der Waals surface area contributed by atoms with Crippen LogP contribution < -0.4 is 9.47 Å². The quantitative estimate of drug-likeness (QED) is 0.649. The fourth-order valence-electron chi connectivity index (χ4n) is 1.50. The molecular formula is C12H12FO2. The van der Waals surface area contributed by atoms with Gasteiger partial charge >= 0.3 is 6.01 Å². The van der Waals surface area contributed by atoms with E-state index in [0.717, 1.165) is 5.56 Å². The molecule has 2 rings (SSSR count). The summed E-state index contributed by atoms with van der Waals surface area (Å²) >= 11 is 0. The molecule has 1 aromatic carbocycles. The first kappa shape index (κ1) is 10.0. The monoisotopic (exact) mass is 207 g/mol. The summed E-state index contributed by atoms with van der Waals surface area (Å²) in [6, 6.07) is 4.65. The Morgan fingerprint density at radius 2 is 2.00 bits per heavy atom. The van der Waals surface area contributed by atoms with E-state index in [4.69, 9.17) is 9.47 Å². The Morgan fingerprint density at radius 1 is 1.27 bits per heavy atom. The van der Waals surface area contributed by atoms with Crippen molar-refractivity contribution in [1.82, 2.24) is 0 Å². The molecule has 79 valence electrons. The number of ether oxygens (including phenoxy) is 2. The van der Waals surface area contributed by atoms with Crippen LogP contribution in [0.5, 0.6) is 11.5 Å². The molecule has 0 atom stereocenters. The maximum atomic E-state index is 12.9. The lowest BCUT2D eigenvalue weighted by Gasteiger charge is -2.24. The summed E-state index contributed by atoms with van der Waals surface area (Å²) in [4.78, 5) is 0. The second-order valence-corrected chi connectivity index (χ2v) is 4.46. The van der Waals surface area contributed by atoms with Crippen LogP contribution in [-0.2, 0) is 5.41 Å². The van der Waals surface area contributed by atoms with Crippen LogP contribution in [0.25, 0.3) is 0 Å². The molecule has 1 aliphatic heterocycles. The van der Waals surface area contributed by atoms with Crippen LogP contribution in [0.15, 0.2) is 24.2 Å². The van der Waals surface area contributed by atoms with Crippen molar-refractivity contribution in [2.45, 2.75) is 26.2 Å². The first-order valence-electron chi connectivity index (χ1n) is 4.75. The van der Waals surface area contributed by atoms with E-state index >= 15 is 0 Å². The minimum atomic E-state index is -0.834. The number of halogens is 1. The van der Waals surface area contributed by atoms with E-state index in [0.29, 0.717) is 11.5 Å². The van der Waals surface area contributed by atoms with Crippen LogP contribution in [-0.4, -0.2) is 0 Å². The highest BCUT2D eigenvalue weighted by Crippen LogP contribution is 2.41. The Bertz CT molecular complexity index is 416. The van der Waals surface area contributed by atoms with Gasteiger partial charge in [-0.2, -0.15) is 4.39 Å². The third-order valence-corrected chi connectivity index (χ3v) is 2.22. The van der Waals surface area contributed by atoms with E-state index in [1.54, 1.807) is 6.07 Å². The molecule has 1 radical (unpaired) electrons. The fraction of sp³-hybridized carbons (Fsp3) is 0.333. The molecule has 0 amide bonds. The van der Waals surface area contributed by atoms with Crippen LogP contribution in [0.2, 0.25) is 0 Å². The predicted octanol–water partition coefficient (Wildman–Crippen LogP) is 3.33. The molecule has 2 nitrogen and oxygen atoms in total. The van der Waals surface area contributed by atoms with Gasteiger partial charge in [-0.3, -0.25) is 0 Å². The first-order chi connectivity index (χ1) is 6.98. The van der Waals surface area contributed by atoms with Crippen molar-refractivity contribution >= 4 is 0 Å². The van der Waals surface area contributed by atoms with E-state index in [-0.39, 0.29) is 5.41 Å². The minimum absolute atomic E-state index is 0.119. The lowest BCUT2D eigenvalue weighted by molar-refractivity contribution is 0.225. The summed E-state index contributed by atoms with van der Waals surface area (Å²) in [6.07, 6.45) is 2.04.